The maximum absolute atomic E-state index is 12.8. The first-order chi connectivity index (χ1) is 5.15. The topological polar surface area (TPSA) is 38.7 Å². The van der Waals surface area contributed by atoms with Crippen LogP contribution in [0.15, 0.2) is 0 Å². The highest BCUT2D eigenvalue weighted by molar-refractivity contribution is 4.78. The molecule has 1 aliphatic heterocycles. The third-order valence-electron chi connectivity index (χ3n) is 1.87. The van der Waals surface area contributed by atoms with Gasteiger partial charge >= 0.3 is 0 Å². The van der Waals surface area contributed by atoms with Gasteiger partial charge in [-0.15, -0.1) is 0 Å². The van der Waals surface area contributed by atoms with Crippen LogP contribution in [0.5, 0.6) is 0 Å². The Morgan fingerprint density at radius 1 is 1.64 bits per heavy atom. The maximum Gasteiger partial charge on any atom is 0.183 e. The molecule has 0 saturated carbocycles. The molecule has 4 heteroatoms. The number of methoxy groups -OCH3 is 1. The summed E-state index contributed by atoms with van der Waals surface area (Å²) >= 11 is 0. The number of aliphatic hydroxyl groups excluding tert-OH is 1. The molecule has 0 spiro atoms. The third kappa shape index (κ3) is 1.89. The Hall–Kier alpha value is -0.190. The van der Waals surface area contributed by atoms with Gasteiger partial charge in [-0.1, -0.05) is 0 Å². The third-order valence-corrected chi connectivity index (χ3v) is 1.87. The van der Waals surface area contributed by atoms with Crippen molar-refractivity contribution in [3.8, 4) is 0 Å². The van der Waals surface area contributed by atoms with E-state index in [0.717, 1.165) is 0 Å². The first kappa shape index (κ1) is 8.90. The van der Waals surface area contributed by atoms with Crippen molar-refractivity contribution in [3.63, 3.8) is 0 Å². The van der Waals surface area contributed by atoms with Crippen LogP contribution in [0.4, 0.5) is 4.39 Å². The fourth-order valence-electron chi connectivity index (χ4n) is 1.13. The van der Waals surface area contributed by atoms with Gasteiger partial charge in [0.2, 0.25) is 0 Å². The quantitative estimate of drug-likeness (QED) is 0.612. The minimum Gasteiger partial charge on any atom is -0.388 e. The highest BCUT2D eigenvalue weighted by Crippen LogP contribution is 2.22. The van der Waals surface area contributed by atoms with E-state index in [1.165, 1.54) is 7.11 Å². The zero-order valence-corrected chi connectivity index (χ0v) is 6.66. The van der Waals surface area contributed by atoms with E-state index in [4.69, 9.17) is 14.6 Å². The lowest BCUT2D eigenvalue weighted by molar-refractivity contribution is -0.242. The summed E-state index contributed by atoms with van der Waals surface area (Å²) in [5.74, 6) is 0. The summed E-state index contributed by atoms with van der Waals surface area (Å²) in [5.41, 5.74) is 0. The lowest BCUT2D eigenvalue weighted by atomic mass is 10.1. The van der Waals surface area contributed by atoms with Crippen molar-refractivity contribution in [1.82, 2.24) is 0 Å². The standard InChI is InChI=1S/C7H13FO3/c1-4-5(8)3-6(9)7(10-2)11-4/h4-7,9H,3H2,1-2H3. The van der Waals surface area contributed by atoms with Gasteiger partial charge in [-0.2, -0.15) is 0 Å². The van der Waals surface area contributed by atoms with Gasteiger partial charge in [-0.05, 0) is 6.92 Å². The molecule has 0 aromatic carbocycles. The molecule has 0 aliphatic carbocycles. The molecule has 11 heavy (non-hydrogen) atoms. The van der Waals surface area contributed by atoms with Gasteiger partial charge in [0.15, 0.2) is 6.29 Å². The number of alkyl halides is 1. The molecule has 1 fully saturated rings. The van der Waals surface area contributed by atoms with E-state index in [1.807, 2.05) is 0 Å². The van der Waals surface area contributed by atoms with E-state index in [-0.39, 0.29) is 6.42 Å². The summed E-state index contributed by atoms with van der Waals surface area (Å²) in [7, 11) is 1.43. The lowest BCUT2D eigenvalue weighted by Gasteiger charge is -2.33. The summed E-state index contributed by atoms with van der Waals surface area (Å²) < 4.78 is 22.6. The van der Waals surface area contributed by atoms with Crippen molar-refractivity contribution in [2.75, 3.05) is 7.11 Å². The monoisotopic (exact) mass is 164 g/mol. The SMILES string of the molecule is COC1OC(C)C(F)CC1O. The van der Waals surface area contributed by atoms with E-state index in [0.29, 0.717) is 0 Å². The van der Waals surface area contributed by atoms with E-state index in [2.05, 4.69) is 0 Å². The smallest absolute Gasteiger partial charge is 0.183 e. The molecule has 0 radical (unpaired) electrons. The van der Waals surface area contributed by atoms with Crippen LogP contribution in [0, 0.1) is 0 Å². The molecule has 3 nitrogen and oxygen atoms in total. The van der Waals surface area contributed by atoms with Crippen LogP contribution < -0.4 is 0 Å². The van der Waals surface area contributed by atoms with Crippen molar-refractivity contribution in [2.45, 2.75) is 38.0 Å². The number of ether oxygens (including phenoxy) is 2. The Morgan fingerprint density at radius 3 is 2.82 bits per heavy atom. The lowest BCUT2D eigenvalue weighted by Crippen LogP contribution is -2.45. The zero-order chi connectivity index (χ0) is 8.43. The van der Waals surface area contributed by atoms with Crippen LogP contribution in [0.1, 0.15) is 13.3 Å². The van der Waals surface area contributed by atoms with Gasteiger partial charge in [0, 0.05) is 13.5 Å². The largest absolute Gasteiger partial charge is 0.388 e. The zero-order valence-electron chi connectivity index (χ0n) is 6.66. The Morgan fingerprint density at radius 2 is 2.27 bits per heavy atom. The number of aliphatic hydroxyl groups is 1. The van der Waals surface area contributed by atoms with Gasteiger partial charge < -0.3 is 14.6 Å². The predicted octanol–water partition coefficient (Wildman–Crippen LogP) is 0.467. The number of rotatable bonds is 1. The van der Waals surface area contributed by atoms with Crippen molar-refractivity contribution >= 4 is 0 Å². The Bertz CT molecular complexity index is 131. The molecular formula is C7H13FO3. The second-order valence-corrected chi connectivity index (χ2v) is 2.76. The molecule has 1 heterocycles. The van der Waals surface area contributed by atoms with Crippen LogP contribution >= 0.6 is 0 Å². The normalized spacial score (nSPS) is 45.8. The van der Waals surface area contributed by atoms with Crippen LogP contribution in [0.25, 0.3) is 0 Å². The molecule has 0 bridgehead atoms. The van der Waals surface area contributed by atoms with Gasteiger partial charge in [0.25, 0.3) is 0 Å². The first-order valence-electron chi connectivity index (χ1n) is 3.65. The molecule has 1 N–H and O–H groups in total. The van der Waals surface area contributed by atoms with Crippen molar-refractivity contribution in [2.24, 2.45) is 0 Å². The highest BCUT2D eigenvalue weighted by Gasteiger charge is 2.34. The molecule has 4 atom stereocenters. The van der Waals surface area contributed by atoms with Crippen LogP contribution in [0.3, 0.4) is 0 Å². The Kier molecular flexibility index (Phi) is 2.81. The van der Waals surface area contributed by atoms with E-state index < -0.39 is 24.7 Å². The predicted molar refractivity (Wildman–Crippen MR) is 36.9 cm³/mol. The molecule has 66 valence electrons. The average Bonchev–Trinajstić information content (AvgIpc) is 1.97. The van der Waals surface area contributed by atoms with Crippen molar-refractivity contribution in [3.05, 3.63) is 0 Å². The molecule has 0 aromatic rings. The van der Waals surface area contributed by atoms with E-state index >= 15 is 0 Å². The summed E-state index contributed by atoms with van der Waals surface area (Å²) in [6.45, 7) is 1.63. The van der Waals surface area contributed by atoms with Gasteiger partial charge in [-0.3, -0.25) is 0 Å². The second-order valence-electron chi connectivity index (χ2n) is 2.76. The highest BCUT2D eigenvalue weighted by atomic mass is 19.1. The minimum absolute atomic E-state index is 0.0969. The van der Waals surface area contributed by atoms with Crippen LogP contribution in [-0.2, 0) is 9.47 Å². The summed E-state index contributed by atoms with van der Waals surface area (Å²) in [4.78, 5) is 0. The fourth-order valence-corrected chi connectivity index (χ4v) is 1.13. The number of hydrogen-bond acceptors (Lipinski definition) is 3. The first-order valence-corrected chi connectivity index (χ1v) is 3.65. The van der Waals surface area contributed by atoms with Gasteiger partial charge in [0.1, 0.15) is 12.3 Å². The molecule has 1 rings (SSSR count). The fraction of sp³-hybridized carbons (Fsp3) is 1.00. The Labute approximate surface area is 65.1 Å². The molecular weight excluding hydrogens is 151 g/mol. The summed E-state index contributed by atoms with van der Waals surface area (Å²) in [6.07, 6.45) is -2.98. The average molecular weight is 164 g/mol. The Balaban J connectivity index is 2.48. The van der Waals surface area contributed by atoms with E-state index in [9.17, 15) is 4.39 Å². The summed E-state index contributed by atoms with van der Waals surface area (Å²) in [6, 6.07) is 0. The molecule has 0 aromatic heterocycles. The number of halogens is 1. The molecule has 1 saturated heterocycles. The van der Waals surface area contributed by atoms with E-state index in [1.54, 1.807) is 6.92 Å². The van der Waals surface area contributed by atoms with Crippen LogP contribution in [0.2, 0.25) is 0 Å². The maximum atomic E-state index is 12.8. The van der Waals surface area contributed by atoms with Crippen molar-refractivity contribution < 1.29 is 19.0 Å². The molecule has 0 amide bonds. The van der Waals surface area contributed by atoms with Crippen LogP contribution in [-0.4, -0.2) is 36.9 Å². The summed E-state index contributed by atoms with van der Waals surface area (Å²) in [5, 5.41) is 9.17. The van der Waals surface area contributed by atoms with Gasteiger partial charge in [0.05, 0.1) is 6.10 Å². The number of hydrogen-bond donors (Lipinski definition) is 1. The second kappa shape index (κ2) is 3.47. The minimum atomic E-state index is -1.09. The molecule has 1 aliphatic rings. The van der Waals surface area contributed by atoms with Crippen molar-refractivity contribution in [1.29, 1.82) is 0 Å². The van der Waals surface area contributed by atoms with Gasteiger partial charge in [-0.25, -0.2) is 4.39 Å². The molecule has 4 unspecified atom stereocenters.